The average molecular weight is 350 g/mol. The van der Waals surface area contributed by atoms with Crippen molar-refractivity contribution in [1.29, 1.82) is 0 Å². The highest BCUT2D eigenvalue weighted by molar-refractivity contribution is 5.57. The van der Waals surface area contributed by atoms with E-state index in [1.54, 1.807) is 24.5 Å². The summed E-state index contributed by atoms with van der Waals surface area (Å²) >= 11 is 0. The Hall–Kier alpha value is -3.02. The second-order valence-electron chi connectivity index (χ2n) is 7.43. The summed E-state index contributed by atoms with van der Waals surface area (Å²) in [4.78, 5) is 14.8. The van der Waals surface area contributed by atoms with Crippen LogP contribution in [0.25, 0.3) is 11.3 Å². The summed E-state index contributed by atoms with van der Waals surface area (Å²) in [5.41, 5.74) is 2.90. The number of nitro groups is 1. The topological polar surface area (TPSA) is 73.8 Å². The molecule has 26 heavy (non-hydrogen) atoms. The van der Waals surface area contributed by atoms with Crippen LogP contribution in [0.5, 0.6) is 0 Å². The highest BCUT2D eigenvalue weighted by atomic mass is 16.6. The van der Waals surface area contributed by atoms with Crippen LogP contribution in [0.2, 0.25) is 0 Å². The highest BCUT2D eigenvalue weighted by Gasteiger charge is 2.28. The van der Waals surface area contributed by atoms with Crippen molar-refractivity contribution in [1.82, 2.24) is 14.8 Å². The number of hydrogen-bond donors (Lipinski definition) is 0. The van der Waals surface area contributed by atoms with Crippen LogP contribution < -0.4 is 0 Å². The molecule has 0 bridgehead atoms. The number of pyridine rings is 1. The Bertz CT molecular complexity index is 897. The fourth-order valence-electron chi connectivity index (χ4n) is 3.06. The lowest BCUT2D eigenvalue weighted by Crippen LogP contribution is -2.23. The van der Waals surface area contributed by atoms with Crippen LogP contribution >= 0.6 is 0 Å². The molecule has 0 aliphatic heterocycles. The summed E-state index contributed by atoms with van der Waals surface area (Å²) in [5, 5.41) is 15.8. The molecule has 0 N–H and O–H groups in total. The van der Waals surface area contributed by atoms with Crippen molar-refractivity contribution in [2.45, 2.75) is 33.2 Å². The summed E-state index contributed by atoms with van der Waals surface area (Å²) in [7, 11) is 0. The summed E-state index contributed by atoms with van der Waals surface area (Å²) in [6, 6.07) is 12.7. The van der Waals surface area contributed by atoms with Crippen molar-refractivity contribution >= 4 is 5.69 Å². The molecule has 3 rings (SSSR count). The maximum atomic E-state index is 11.1. The summed E-state index contributed by atoms with van der Waals surface area (Å²) in [6.45, 7) is 7.08. The fraction of sp³-hybridized carbons (Fsp3) is 0.300. The maximum absolute atomic E-state index is 11.1. The summed E-state index contributed by atoms with van der Waals surface area (Å²) < 4.78 is 1.91. The van der Waals surface area contributed by atoms with Gasteiger partial charge in [0, 0.05) is 48.7 Å². The lowest BCUT2D eigenvalue weighted by atomic mass is 9.76. The molecule has 3 aromatic rings. The largest absolute Gasteiger partial charge is 0.271 e. The number of hydrogen-bond acceptors (Lipinski definition) is 4. The molecule has 0 radical (unpaired) electrons. The number of non-ortho nitro benzene ring substituents is 1. The van der Waals surface area contributed by atoms with E-state index < -0.39 is 0 Å². The molecular weight excluding hydrogens is 328 g/mol. The monoisotopic (exact) mass is 350 g/mol. The van der Waals surface area contributed by atoms with Gasteiger partial charge in [0.25, 0.3) is 5.69 Å². The Kier molecular flexibility index (Phi) is 4.84. The molecule has 0 aliphatic rings. The smallest absolute Gasteiger partial charge is 0.269 e. The van der Waals surface area contributed by atoms with E-state index in [1.165, 1.54) is 6.07 Å². The van der Waals surface area contributed by atoms with E-state index in [4.69, 9.17) is 0 Å². The highest BCUT2D eigenvalue weighted by Crippen LogP contribution is 2.37. The van der Waals surface area contributed by atoms with Gasteiger partial charge in [-0.3, -0.25) is 19.8 Å². The zero-order valence-corrected chi connectivity index (χ0v) is 15.2. The van der Waals surface area contributed by atoms with Gasteiger partial charge in [-0.25, -0.2) is 0 Å². The molecule has 6 nitrogen and oxygen atoms in total. The molecule has 0 saturated heterocycles. The number of nitrogens with zero attached hydrogens (tertiary/aromatic N) is 4. The first kappa shape index (κ1) is 17.8. The first-order valence-electron chi connectivity index (χ1n) is 8.53. The van der Waals surface area contributed by atoms with Gasteiger partial charge >= 0.3 is 0 Å². The Morgan fingerprint density at radius 3 is 2.54 bits per heavy atom. The van der Waals surface area contributed by atoms with Gasteiger partial charge in [0.15, 0.2) is 0 Å². The van der Waals surface area contributed by atoms with Crippen molar-refractivity contribution in [2.75, 3.05) is 0 Å². The first-order chi connectivity index (χ1) is 12.3. The minimum absolute atomic E-state index is 0.0714. The van der Waals surface area contributed by atoms with E-state index in [-0.39, 0.29) is 21.9 Å². The van der Waals surface area contributed by atoms with Crippen molar-refractivity contribution in [3.05, 3.63) is 76.7 Å². The Balaban J connectivity index is 1.90. The molecule has 1 unspecified atom stereocenters. The molecule has 1 atom stereocenters. The SMILES string of the molecule is CC(C)(C)C(Cn1ccc(-c2ccncc2)n1)c1cccc([N+](=O)[O-])c1. The van der Waals surface area contributed by atoms with E-state index in [0.29, 0.717) is 6.54 Å². The molecule has 6 heteroatoms. The molecule has 2 heterocycles. The minimum atomic E-state index is -0.349. The predicted octanol–water partition coefficient (Wildman–Crippen LogP) is 4.68. The normalized spacial score (nSPS) is 12.7. The predicted molar refractivity (Wildman–Crippen MR) is 101 cm³/mol. The Morgan fingerprint density at radius 2 is 1.88 bits per heavy atom. The second kappa shape index (κ2) is 7.07. The maximum Gasteiger partial charge on any atom is 0.269 e. The van der Waals surface area contributed by atoms with Crippen LogP contribution in [-0.4, -0.2) is 19.7 Å². The molecule has 0 saturated carbocycles. The Labute approximate surface area is 152 Å². The van der Waals surface area contributed by atoms with Crippen molar-refractivity contribution < 1.29 is 4.92 Å². The standard InChI is InChI=1S/C20H22N4O2/c1-20(2,3)18(16-5-4-6-17(13-16)24(25)26)14-23-12-9-19(22-23)15-7-10-21-11-8-15/h4-13,18H,14H2,1-3H3. The van der Waals surface area contributed by atoms with Gasteiger partial charge in [0.05, 0.1) is 10.6 Å². The molecule has 0 amide bonds. The van der Waals surface area contributed by atoms with E-state index in [2.05, 4.69) is 30.9 Å². The third-order valence-electron chi connectivity index (χ3n) is 4.52. The van der Waals surface area contributed by atoms with Gasteiger partial charge in [0.2, 0.25) is 0 Å². The molecule has 0 fully saturated rings. The van der Waals surface area contributed by atoms with Crippen LogP contribution in [-0.2, 0) is 6.54 Å². The molecule has 0 spiro atoms. The lowest BCUT2D eigenvalue weighted by Gasteiger charge is -2.31. The van der Waals surface area contributed by atoms with Gasteiger partial charge < -0.3 is 0 Å². The van der Waals surface area contributed by atoms with Crippen molar-refractivity contribution in [3.8, 4) is 11.3 Å². The number of benzene rings is 1. The number of aromatic nitrogens is 3. The van der Waals surface area contributed by atoms with Crippen molar-refractivity contribution in [2.24, 2.45) is 5.41 Å². The second-order valence-corrected chi connectivity index (χ2v) is 7.43. The van der Waals surface area contributed by atoms with Crippen LogP contribution in [0, 0.1) is 15.5 Å². The van der Waals surface area contributed by atoms with Gasteiger partial charge in [0.1, 0.15) is 0 Å². The number of nitro benzene ring substituents is 1. The van der Waals surface area contributed by atoms with Crippen LogP contribution in [0.15, 0.2) is 61.1 Å². The Morgan fingerprint density at radius 1 is 1.15 bits per heavy atom. The van der Waals surface area contributed by atoms with Crippen LogP contribution in [0.1, 0.15) is 32.3 Å². The molecule has 1 aromatic carbocycles. The number of rotatable bonds is 5. The zero-order valence-electron chi connectivity index (χ0n) is 15.2. The fourth-order valence-corrected chi connectivity index (χ4v) is 3.06. The average Bonchev–Trinajstić information content (AvgIpc) is 3.08. The lowest BCUT2D eigenvalue weighted by molar-refractivity contribution is -0.384. The summed E-state index contributed by atoms with van der Waals surface area (Å²) in [5.74, 6) is 0.0904. The quantitative estimate of drug-likeness (QED) is 0.494. The van der Waals surface area contributed by atoms with Gasteiger partial charge in [-0.05, 0) is 29.2 Å². The molecular formula is C20H22N4O2. The van der Waals surface area contributed by atoms with Gasteiger partial charge in [-0.2, -0.15) is 5.10 Å². The van der Waals surface area contributed by atoms with Crippen LogP contribution in [0.3, 0.4) is 0 Å². The third kappa shape index (κ3) is 3.96. The van der Waals surface area contributed by atoms with E-state index in [0.717, 1.165) is 16.8 Å². The van der Waals surface area contributed by atoms with E-state index in [9.17, 15) is 10.1 Å². The minimum Gasteiger partial charge on any atom is -0.271 e. The molecule has 2 aromatic heterocycles. The first-order valence-corrected chi connectivity index (χ1v) is 8.53. The third-order valence-corrected chi connectivity index (χ3v) is 4.52. The van der Waals surface area contributed by atoms with Crippen molar-refractivity contribution in [3.63, 3.8) is 0 Å². The molecule has 0 aliphatic carbocycles. The molecule has 134 valence electrons. The zero-order chi connectivity index (χ0) is 18.7. The van der Waals surface area contributed by atoms with E-state index >= 15 is 0 Å². The summed E-state index contributed by atoms with van der Waals surface area (Å²) in [6.07, 6.45) is 5.44. The van der Waals surface area contributed by atoms with Gasteiger partial charge in [-0.15, -0.1) is 0 Å². The van der Waals surface area contributed by atoms with Crippen LogP contribution in [0.4, 0.5) is 5.69 Å². The van der Waals surface area contributed by atoms with E-state index in [1.807, 2.05) is 35.1 Å². The van der Waals surface area contributed by atoms with Gasteiger partial charge in [-0.1, -0.05) is 32.9 Å².